The highest BCUT2D eigenvalue weighted by molar-refractivity contribution is 5.97. The summed E-state index contributed by atoms with van der Waals surface area (Å²) >= 11 is 0. The van der Waals surface area contributed by atoms with Crippen LogP contribution in [0.25, 0.3) is 0 Å². The smallest absolute Gasteiger partial charge is 0.203 e. The molecule has 0 radical (unpaired) electrons. The first kappa shape index (κ1) is 22.8. The molecule has 4 heteroatoms. The molecule has 158 valence electrons. The fourth-order valence-electron chi connectivity index (χ4n) is 3.74. The van der Waals surface area contributed by atoms with Gasteiger partial charge in [-0.15, -0.1) is 0 Å². The van der Waals surface area contributed by atoms with E-state index in [1.165, 1.54) is 31.2 Å². The molecule has 0 fully saturated rings. The first-order chi connectivity index (χ1) is 14.1. The molecule has 0 aliphatic carbocycles. The summed E-state index contributed by atoms with van der Waals surface area (Å²) in [5.74, 6) is 2.14. The van der Waals surface area contributed by atoms with Crippen molar-refractivity contribution >= 4 is 5.78 Å². The first-order valence-electron chi connectivity index (χ1n) is 10.5. The van der Waals surface area contributed by atoms with Gasteiger partial charge >= 0.3 is 0 Å². The predicted molar refractivity (Wildman–Crippen MR) is 118 cm³/mol. The van der Waals surface area contributed by atoms with Crippen molar-refractivity contribution in [1.29, 1.82) is 0 Å². The maximum Gasteiger partial charge on any atom is 0.203 e. The summed E-state index contributed by atoms with van der Waals surface area (Å²) in [5, 5.41) is 0. The third kappa shape index (κ3) is 6.52. The van der Waals surface area contributed by atoms with E-state index in [0.29, 0.717) is 35.2 Å². The second-order valence-electron chi connectivity index (χ2n) is 7.33. The van der Waals surface area contributed by atoms with Crippen LogP contribution < -0.4 is 14.2 Å². The Morgan fingerprint density at radius 3 is 2.03 bits per heavy atom. The van der Waals surface area contributed by atoms with Gasteiger partial charge < -0.3 is 14.2 Å². The summed E-state index contributed by atoms with van der Waals surface area (Å²) in [5.41, 5.74) is 1.98. The molecule has 2 aromatic rings. The summed E-state index contributed by atoms with van der Waals surface area (Å²) in [6.07, 6.45) is 7.28. The van der Waals surface area contributed by atoms with E-state index < -0.39 is 0 Å². The van der Waals surface area contributed by atoms with Gasteiger partial charge in [0.25, 0.3) is 0 Å². The van der Waals surface area contributed by atoms with E-state index in [1.807, 2.05) is 0 Å². The van der Waals surface area contributed by atoms with Crippen LogP contribution in [0.3, 0.4) is 0 Å². The van der Waals surface area contributed by atoms with E-state index in [-0.39, 0.29) is 5.78 Å². The SMILES string of the molecule is CCCCC[C@@H](CCCC(=O)c1cc(OC)c(OC)c(OC)c1)c1ccccc1. The standard InChI is InChI=1S/C25H34O4/c1-5-6-8-12-20(19-13-9-7-10-14-19)15-11-16-22(26)21-17-23(27-2)25(29-4)24(18-21)28-3/h7,9-10,13-14,17-18,20H,5-6,8,11-12,15-16H2,1-4H3/t20-/m0/s1. The minimum Gasteiger partial charge on any atom is -0.493 e. The zero-order valence-corrected chi connectivity index (χ0v) is 18.2. The van der Waals surface area contributed by atoms with Crippen LogP contribution in [0.4, 0.5) is 0 Å². The molecular weight excluding hydrogens is 364 g/mol. The Labute approximate surface area is 175 Å². The third-order valence-electron chi connectivity index (χ3n) is 5.37. The van der Waals surface area contributed by atoms with Crippen LogP contribution in [0.2, 0.25) is 0 Å². The molecule has 1 atom stereocenters. The molecule has 0 unspecified atom stereocenters. The highest BCUT2D eigenvalue weighted by atomic mass is 16.5. The van der Waals surface area contributed by atoms with Crippen LogP contribution in [0.1, 0.15) is 73.7 Å². The summed E-state index contributed by atoms with van der Waals surface area (Å²) in [4.78, 5) is 12.8. The zero-order chi connectivity index (χ0) is 21.1. The van der Waals surface area contributed by atoms with E-state index in [9.17, 15) is 4.79 Å². The lowest BCUT2D eigenvalue weighted by Crippen LogP contribution is -2.05. The van der Waals surface area contributed by atoms with Crippen LogP contribution in [0.15, 0.2) is 42.5 Å². The molecule has 0 aliphatic rings. The van der Waals surface area contributed by atoms with Crippen LogP contribution in [0, 0.1) is 0 Å². The van der Waals surface area contributed by atoms with Crippen molar-refractivity contribution in [2.24, 2.45) is 0 Å². The Hall–Kier alpha value is -2.49. The van der Waals surface area contributed by atoms with Gasteiger partial charge in [-0.3, -0.25) is 4.79 Å². The molecule has 0 saturated heterocycles. The summed E-state index contributed by atoms with van der Waals surface area (Å²) in [6.45, 7) is 2.23. The average molecular weight is 399 g/mol. The molecule has 2 rings (SSSR count). The van der Waals surface area contributed by atoms with Crippen molar-refractivity contribution < 1.29 is 19.0 Å². The van der Waals surface area contributed by atoms with Crippen LogP contribution >= 0.6 is 0 Å². The topological polar surface area (TPSA) is 44.8 Å². The number of hydrogen-bond acceptors (Lipinski definition) is 4. The minimum absolute atomic E-state index is 0.102. The monoisotopic (exact) mass is 398 g/mol. The Balaban J connectivity index is 2.03. The Bertz CT molecular complexity index is 730. The first-order valence-corrected chi connectivity index (χ1v) is 10.5. The van der Waals surface area contributed by atoms with Gasteiger partial charge in [-0.25, -0.2) is 0 Å². The third-order valence-corrected chi connectivity index (χ3v) is 5.37. The number of ether oxygens (including phenoxy) is 3. The molecule has 0 bridgehead atoms. The Morgan fingerprint density at radius 1 is 0.862 bits per heavy atom. The number of hydrogen-bond donors (Lipinski definition) is 0. The van der Waals surface area contributed by atoms with E-state index in [2.05, 4.69) is 37.3 Å². The van der Waals surface area contributed by atoms with Crippen molar-refractivity contribution in [3.05, 3.63) is 53.6 Å². The number of Topliss-reactive ketones (excluding diaryl/α,β-unsaturated/α-hetero) is 1. The molecule has 0 saturated carbocycles. The van der Waals surface area contributed by atoms with Gasteiger partial charge in [0.05, 0.1) is 21.3 Å². The second kappa shape index (κ2) is 12.2. The second-order valence-corrected chi connectivity index (χ2v) is 7.33. The quantitative estimate of drug-likeness (QED) is 0.288. The number of methoxy groups -OCH3 is 3. The maximum absolute atomic E-state index is 12.8. The van der Waals surface area contributed by atoms with E-state index >= 15 is 0 Å². The van der Waals surface area contributed by atoms with Crippen LogP contribution in [-0.2, 0) is 0 Å². The molecule has 0 amide bonds. The number of benzene rings is 2. The van der Waals surface area contributed by atoms with Gasteiger partial charge in [0, 0.05) is 12.0 Å². The van der Waals surface area contributed by atoms with E-state index in [0.717, 1.165) is 12.8 Å². The molecule has 0 aliphatic heterocycles. The van der Waals surface area contributed by atoms with Gasteiger partial charge in [0.15, 0.2) is 17.3 Å². The van der Waals surface area contributed by atoms with Crippen molar-refractivity contribution in [1.82, 2.24) is 0 Å². The fraction of sp³-hybridized carbons (Fsp3) is 0.480. The fourth-order valence-corrected chi connectivity index (χ4v) is 3.74. The molecule has 0 N–H and O–H groups in total. The molecular formula is C25H34O4. The summed E-state index contributed by atoms with van der Waals surface area (Å²) < 4.78 is 16.1. The van der Waals surface area contributed by atoms with E-state index in [1.54, 1.807) is 33.5 Å². The Morgan fingerprint density at radius 2 is 1.48 bits per heavy atom. The Kier molecular flexibility index (Phi) is 9.55. The molecule has 4 nitrogen and oxygen atoms in total. The van der Waals surface area contributed by atoms with Gasteiger partial charge in [0.2, 0.25) is 5.75 Å². The van der Waals surface area contributed by atoms with Crippen molar-refractivity contribution in [2.45, 2.75) is 57.8 Å². The molecule has 29 heavy (non-hydrogen) atoms. The lowest BCUT2D eigenvalue weighted by atomic mass is 9.88. The lowest BCUT2D eigenvalue weighted by molar-refractivity contribution is 0.0977. The highest BCUT2D eigenvalue weighted by Gasteiger charge is 2.18. The zero-order valence-electron chi connectivity index (χ0n) is 18.2. The van der Waals surface area contributed by atoms with Crippen molar-refractivity contribution in [3.8, 4) is 17.2 Å². The molecule has 0 heterocycles. The molecule has 0 aromatic heterocycles. The largest absolute Gasteiger partial charge is 0.493 e. The number of carbonyl (C=O) groups is 1. The van der Waals surface area contributed by atoms with Crippen molar-refractivity contribution in [2.75, 3.05) is 21.3 Å². The summed E-state index contributed by atoms with van der Waals surface area (Å²) in [7, 11) is 4.68. The minimum atomic E-state index is 0.102. The number of ketones is 1. The maximum atomic E-state index is 12.8. The normalized spacial score (nSPS) is 11.7. The summed E-state index contributed by atoms with van der Waals surface area (Å²) in [6, 6.07) is 14.1. The molecule has 2 aromatic carbocycles. The van der Waals surface area contributed by atoms with E-state index in [4.69, 9.17) is 14.2 Å². The number of carbonyl (C=O) groups excluding carboxylic acids is 1. The van der Waals surface area contributed by atoms with Crippen LogP contribution in [0.5, 0.6) is 17.2 Å². The average Bonchev–Trinajstić information content (AvgIpc) is 2.77. The van der Waals surface area contributed by atoms with Gasteiger partial charge in [-0.05, 0) is 42.9 Å². The lowest BCUT2D eigenvalue weighted by Gasteiger charge is -2.17. The number of unbranched alkanes of at least 4 members (excludes halogenated alkanes) is 2. The van der Waals surface area contributed by atoms with Gasteiger partial charge in [-0.1, -0.05) is 56.5 Å². The number of rotatable bonds is 13. The highest BCUT2D eigenvalue weighted by Crippen LogP contribution is 2.38. The predicted octanol–water partition coefficient (Wildman–Crippen LogP) is 6.43. The van der Waals surface area contributed by atoms with Crippen molar-refractivity contribution in [3.63, 3.8) is 0 Å². The van der Waals surface area contributed by atoms with Crippen LogP contribution in [-0.4, -0.2) is 27.1 Å². The van der Waals surface area contributed by atoms with Gasteiger partial charge in [-0.2, -0.15) is 0 Å². The van der Waals surface area contributed by atoms with Gasteiger partial charge in [0.1, 0.15) is 0 Å². The molecule has 0 spiro atoms.